The first kappa shape index (κ1) is 19.2. The fourth-order valence-corrected chi connectivity index (χ4v) is 3.91. The number of morpholine rings is 1. The van der Waals surface area contributed by atoms with E-state index < -0.39 is 6.10 Å². The van der Waals surface area contributed by atoms with E-state index in [0.29, 0.717) is 48.3 Å². The van der Waals surface area contributed by atoms with E-state index >= 15 is 0 Å². The molecule has 0 unspecified atom stereocenters. The zero-order chi connectivity index (χ0) is 19.7. The second kappa shape index (κ2) is 8.11. The number of fused-ring (bicyclic) bond motifs is 1. The average molecular weight is 466 g/mol. The van der Waals surface area contributed by atoms with Crippen LogP contribution in [0.5, 0.6) is 5.75 Å². The van der Waals surface area contributed by atoms with Gasteiger partial charge in [0.1, 0.15) is 5.75 Å². The van der Waals surface area contributed by atoms with Crippen molar-refractivity contribution in [2.24, 2.45) is 0 Å². The molecule has 28 heavy (non-hydrogen) atoms. The van der Waals surface area contributed by atoms with Crippen molar-refractivity contribution in [1.82, 2.24) is 4.90 Å². The van der Waals surface area contributed by atoms with Crippen LogP contribution in [0.25, 0.3) is 0 Å². The zero-order valence-corrected chi connectivity index (χ0v) is 17.3. The van der Waals surface area contributed by atoms with Crippen LogP contribution in [0.15, 0.2) is 46.9 Å². The normalized spacial score (nSPS) is 19.0. The molecule has 0 aromatic heterocycles. The topological polar surface area (TPSA) is 59.1 Å². The van der Waals surface area contributed by atoms with Crippen LogP contribution in [0.4, 0.5) is 5.69 Å². The maximum absolute atomic E-state index is 13.3. The summed E-state index contributed by atoms with van der Waals surface area (Å²) >= 11 is 9.65. The maximum atomic E-state index is 13.3. The molecule has 2 aromatic carbocycles. The van der Waals surface area contributed by atoms with Crippen molar-refractivity contribution in [2.75, 3.05) is 37.7 Å². The number of carbonyl (C=O) groups is 2. The van der Waals surface area contributed by atoms with E-state index in [9.17, 15) is 9.59 Å². The molecule has 2 aromatic rings. The summed E-state index contributed by atoms with van der Waals surface area (Å²) in [6.07, 6.45) is -0.775. The van der Waals surface area contributed by atoms with Gasteiger partial charge in [0.05, 0.1) is 36.0 Å². The van der Waals surface area contributed by atoms with Crippen LogP contribution in [0.2, 0.25) is 5.02 Å². The third-order valence-electron chi connectivity index (χ3n) is 4.78. The molecule has 146 valence electrons. The lowest BCUT2D eigenvalue weighted by atomic mass is 10.1. The SMILES string of the molecule is O=C([C@H]1CN(C(=O)c2cc(Br)ccc2Cl)c2ccccc2O1)N1CCOCC1. The monoisotopic (exact) mass is 464 g/mol. The number of ether oxygens (including phenoxy) is 2. The molecule has 2 aliphatic rings. The number of hydrogen-bond acceptors (Lipinski definition) is 4. The van der Waals surface area contributed by atoms with Gasteiger partial charge >= 0.3 is 0 Å². The minimum atomic E-state index is -0.775. The van der Waals surface area contributed by atoms with Crippen LogP contribution < -0.4 is 9.64 Å². The molecule has 4 rings (SSSR count). The molecule has 0 bridgehead atoms. The highest BCUT2D eigenvalue weighted by atomic mass is 79.9. The summed E-state index contributed by atoms with van der Waals surface area (Å²) in [7, 11) is 0. The number of para-hydroxylation sites is 2. The standard InChI is InChI=1S/C20H18BrClN2O4/c21-13-5-6-15(22)14(11-13)19(25)24-12-18(20(26)23-7-9-27-10-8-23)28-17-4-2-1-3-16(17)24/h1-6,11,18H,7-10,12H2/t18-/m1/s1. The predicted molar refractivity (Wildman–Crippen MR) is 109 cm³/mol. The van der Waals surface area contributed by atoms with Crippen LogP contribution in [0.3, 0.4) is 0 Å². The third-order valence-corrected chi connectivity index (χ3v) is 5.60. The van der Waals surface area contributed by atoms with E-state index in [2.05, 4.69) is 15.9 Å². The zero-order valence-electron chi connectivity index (χ0n) is 14.9. The van der Waals surface area contributed by atoms with Gasteiger partial charge in [-0.3, -0.25) is 9.59 Å². The first-order valence-corrected chi connectivity index (χ1v) is 10.1. The van der Waals surface area contributed by atoms with E-state index in [-0.39, 0.29) is 18.4 Å². The number of hydrogen-bond donors (Lipinski definition) is 0. The second-order valence-corrected chi connectivity index (χ2v) is 7.87. The molecule has 0 aliphatic carbocycles. The molecule has 0 radical (unpaired) electrons. The maximum Gasteiger partial charge on any atom is 0.265 e. The first-order chi connectivity index (χ1) is 13.5. The molecule has 2 heterocycles. The number of benzene rings is 2. The van der Waals surface area contributed by atoms with Crippen molar-refractivity contribution >= 4 is 45.0 Å². The van der Waals surface area contributed by atoms with Crippen molar-refractivity contribution in [3.63, 3.8) is 0 Å². The Kier molecular flexibility index (Phi) is 5.57. The van der Waals surface area contributed by atoms with E-state index in [1.807, 2.05) is 12.1 Å². The Morgan fingerprint density at radius 3 is 2.64 bits per heavy atom. The van der Waals surface area contributed by atoms with Crippen LogP contribution >= 0.6 is 27.5 Å². The van der Waals surface area contributed by atoms with Crippen LogP contribution in [-0.4, -0.2) is 55.7 Å². The lowest BCUT2D eigenvalue weighted by molar-refractivity contribution is -0.142. The first-order valence-electron chi connectivity index (χ1n) is 8.94. The van der Waals surface area contributed by atoms with E-state index in [0.717, 1.165) is 4.47 Å². The highest BCUT2D eigenvalue weighted by molar-refractivity contribution is 9.10. The summed E-state index contributed by atoms with van der Waals surface area (Å²) in [6, 6.07) is 12.3. The molecule has 8 heteroatoms. The van der Waals surface area contributed by atoms with Crippen LogP contribution in [0, 0.1) is 0 Å². The molecule has 2 amide bonds. The summed E-state index contributed by atoms with van der Waals surface area (Å²) < 4.78 is 12.0. The van der Waals surface area contributed by atoms with Crippen molar-refractivity contribution in [3.8, 4) is 5.75 Å². The Hall–Kier alpha value is -2.09. The molecule has 0 N–H and O–H groups in total. The van der Waals surface area contributed by atoms with Gasteiger partial charge in [-0.25, -0.2) is 0 Å². The highest BCUT2D eigenvalue weighted by Crippen LogP contribution is 2.35. The number of nitrogens with zero attached hydrogens (tertiary/aromatic N) is 2. The second-order valence-electron chi connectivity index (χ2n) is 6.55. The Labute approximate surface area is 176 Å². The van der Waals surface area contributed by atoms with Gasteiger partial charge in [-0.05, 0) is 30.3 Å². The van der Waals surface area contributed by atoms with Gasteiger partial charge in [0.25, 0.3) is 11.8 Å². The third kappa shape index (κ3) is 3.74. The predicted octanol–water partition coefficient (Wildman–Crippen LogP) is 3.37. The Morgan fingerprint density at radius 2 is 1.86 bits per heavy atom. The van der Waals surface area contributed by atoms with Gasteiger partial charge in [-0.1, -0.05) is 39.7 Å². The molecular weight excluding hydrogens is 448 g/mol. The molecule has 1 saturated heterocycles. The number of amides is 2. The fourth-order valence-electron chi connectivity index (χ4n) is 3.35. The minimum absolute atomic E-state index is 0.120. The molecule has 1 atom stereocenters. The fraction of sp³-hybridized carbons (Fsp3) is 0.300. The molecule has 2 aliphatic heterocycles. The van der Waals surface area contributed by atoms with Crippen molar-refractivity contribution < 1.29 is 19.1 Å². The van der Waals surface area contributed by atoms with Crippen molar-refractivity contribution in [1.29, 1.82) is 0 Å². The summed E-state index contributed by atoms with van der Waals surface area (Å²) in [5.41, 5.74) is 0.986. The average Bonchev–Trinajstić information content (AvgIpc) is 2.74. The summed E-state index contributed by atoms with van der Waals surface area (Å²) in [6.45, 7) is 2.17. The van der Waals surface area contributed by atoms with E-state index in [1.54, 1.807) is 40.1 Å². The van der Waals surface area contributed by atoms with E-state index in [4.69, 9.17) is 21.1 Å². The molecular formula is C20H18BrClN2O4. The summed E-state index contributed by atoms with van der Waals surface area (Å²) in [4.78, 5) is 29.5. The van der Waals surface area contributed by atoms with Crippen LogP contribution in [0.1, 0.15) is 10.4 Å². The van der Waals surface area contributed by atoms with Gasteiger partial charge in [0.2, 0.25) is 0 Å². The van der Waals surface area contributed by atoms with Crippen LogP contribution in [-0.2, 0) is 9.53 Å². The quantitative estimate of drug-likeness (QED) is 0.682. The van der Waals surface area contributed by atoms with Gasteiger partial charge in [0, 0.05) is 17.6 Å². The number of anilines is 1. The van der Waals surface area contributed by atoms with Crippen molar-refractivity contribution in [3.05, 3.63) is 57.5 Å². The Bertz CT molecular complexity index is 917. The Balaban J connectivity index is 1.66. The smallest absolute Gasteiger partial charge is 0.265 e. The molecule has 6 nitrogen and oxygen atoms in total. The molecule has 1 fully saturated rings. The summed E-state index contributed by atoms with van der Waals surface area (Å²) in [5.74, 6) is 0.0811. The summed E-state index contributed by atoms with van der Waals surface area (Å²) in [5, 5.41) is 0.355. The molecule has 0 spiro atoms. The van der Waals surface area contributed by atoms with E-state index in [1.165, 1.54) is 0 Å². The van der Waals surface area contributed by atoms with Gasteiger partial charge < -0.3 is 19.3 Å². The minimum Gasteiger partial charge on any atom is -0.476 e. The van der Waals surface area contributed by atoms with Crippen molar-refractivity contribution in [2.45, 2.75) is 6.10 Å². The number of rotatable bonds is 2. The molecule has 0 saturated carbocycles. The van der Waals surface area contributed by atoms with Gasteiger partial charge in [-0.2, -0.15) is 0 Å². The Morgan fingerprint density at radius 1 is 1.11 bits per heavy atom. The lowest BCUT2D eigenvalue weighted by Gasteiger charge is -2.37. The number of carbonyl (C=O) groups excluding carboxylic acids is 2. The van der Waals surface area contributed by atoms with Gasteiger partial charge in [-0.15, -0.1) is 0 Å². The largest absolute Gasteiger partial charge is 0.476 e. The van der Waals surface area contributed by atoms with Gasteiger partial charge in [0.15, 0.2) is 6.10 Å². The number of halogens is 2. The highest BCUT2D eigenvalue weighted by Gasteiger charge is 2.37. The lowest BCUT2D eigenvalue weighted by Crippen LogP contribution is -2.54.